The van der Waals surface area contributed by atoms with E-state index in [9.17, 15) is 14.0 Å². The van der Waals surface area contributed by atoms with Crippen molar-refractivity contribution in [2.24, 2.45) is 0 Å². The van der Waals surface area contributed by atoms with Gasteiger partial charge in [-0.3, -0.25) is 14.6 Å². The molecular weight excluding hydrogens is 215 g/mol. The molecular formula is C10H11FN2O3. The number of esters is 1. The Labute approximate surface area is 91.6 Å². The number of aromatic nitrogens is 1. The topological polar surface area (TPSA) is 68.3 Å². The normalized spacial score (nSPS) is 9.62. The molecule has 86 valence electrons. The van der Waals surface area contributed by atoms with Crippen LogP contribution in [0.25, 0.3) is 0 Å². The molecule has 0 aliphatic rings. The molecule has 0 atom stereocenters. The highest BCUT2D eigenvalue weighted by atomic mass is 19.1. The van der Waals surface area contributed by atoms with E-state index < -0.39 is 17.7 Å². The van der Waals surface area contributed by atoms with E-state index in [0.29, 0.717) is 0 Å². The van der Waals surface area contributed by atoms with Crippen molar-refractivity contribution in [1.29, 1.82) is 0 Å². The quantitative estimate of drug-likeness (QED) is 0.760. The molecule has 0 bridgehead atoms. The molecule has 1 N–H and O–H groups in total. The van der Waals surface area contributed by atoms with Crippen LogP contribution in [-0.2, 0) is 9.53 Å². The zero-order valence-electron chi connectivity index (χ0n) is 8.70. The van der Waals surface area contributed by atoms with Crippen molar-refractivity contribution in [3.05, 3.63) is 29.8 Å². The van der Waals surface area contributed by atoms with Crippen LogP contribution in [0.1, 0.15) is 17.3 Å². The van der Waals surface area contributed by atoms with Crippen LogP contribution in [0.5, 0.6) is 0 Å². The van der Waals surface area contributed by atoms with Crippen molar-refractivity contribution in [1.82, 2.24) is 10.3 Å². The van der Waals surface area contributed by atoms with Crippen LogP contribution in [0.15, 0.2) is 18.5 Å². The zero-order valence-corrected chi connectivity index (χ0v) is 8.70. The molecule has 0 saturated carbocycles. The molecule has 0 aliphatic carbocycles. The number of halogens is 1. The molecule has 5 nitrogen and oxygen atoms in total. The highest BCUT2D eigenvalue weighted by Gasteiger charge is 2.09. The van der Waals surface area contributed by atoms with Crippen LogP contribution in [0, 0.1) is 5.82 Å². The number of pyridine rings is 1. The Balaban J connectivity index is 2.50. The van der Waals surface area contributed by atoms with E-state index in [1.807, 2.05) is 0 Å². The summed E-state index contributed by atoms with van der Waals surface area (Å²) in [5, 5.41) is 2.29. The highest BCUT2D eigenvalue weighted by Crippen LogP contribution is 2.00. The summed E-state index contributed by atoms with van der Waals surface area (Å²) in [4.78, 5) is 25.8. The number of ether oxygens (including phenoxy) is 1. The van der Waals surface area contributed by atoms with Crippen LogP contribution in [0.3, 0.4) is 0 Å². The van der Waals surface area contributed by atoms with Gasteiger partial charge in [0.15, 0.2) is 0 Å². The monoisotopic (exact) mass is 226 g/mol. The minimum absolute atomic E-state index is 0.0595. The zero-order chi connectivity index (χ0) is 12.0. The number of amides is 1. The van der Waals surface area contributed by atoms with Gasteiger partial charge >= 0.3 is 5.97 Å². The highest BCUT2D eigenvalue weighted by molar-refractivity contribution is 5.95. The molecule has 0 spiro atoms. The third-order valence-corrected chi connectivity index (χ3v) is 1.67. The summed E-state index contributed by atoms with van der Waals surface area (Å²) in [7, 11) is 0. The van der Waals surface area contributed by atoms with E-state index >= 15 is 0 Å². The largest absolute Gasteiger partial charge is 0.465 e. The van der Waals surface area contributed by atoms with Crippen LogP contribution in [0.4, 0.5) is 4.39 Å². The minimum Gasteiger partial charge on any atom is -0.465 e. The van der Waals surface area contributed by atoms with Crippen LogP contribution < -0.4 is 5.32 Å². The Hall–Kier alpha value is -1.98. The Morgan fingerprint density at radius 3 is 2.88 bits per heavy atom. The van der Waals surface area contributed by atoms with Gasteiger partial charge in [0.1, 0.15) is 12.4 Å². The van der Waals surface area contributed by atoms with Gasteiger partial charge in [-0.25, -0.2) is 4.39 Å². The fraction of sp³-hybridized carbons (Fsp3) is 0.300. The molecule has 16 heavy (non-hydrogen) atoms. The van der Waals surface area contributed by atoms with Gasteiger partial charge < -0.3 is 10.1 Å². The first-order valence-electron chi connectivity index (χ1n) is 4.68. The number of carbonyl (C=O) groups excluding carboxylic acids is 2. The van der Waals surface area contributed by atoms with E-state index in [0.717, 1.165) is 12.3 Å². The average molecular weight is 226 g/mol. The van der Waals surface area contributed by atoms with E-state index in [-0.39, 0.29) is 18.7 Å². The maximum absolute atomic E-state index is 12.7. The standard InChI is InChI=1S/C10H11FN2O3/c1-2-16-9(14)6-13-10(15)7-3-8(11)5-12-4-7/h3-5H,2,6H2,1H3,(H,13,15). The van der Waals surface area contributed by atoms with E-state index in [1.165, 1.54) is 6.20 Å². The number of nitrogens with one attached hydrogen (secondary N) is 1. The fourth-order valence-corrected chi connectivity index (χ4v) is 1.00. The van der Waals surface area contributed by atoms with Gasteiger partial charge in [-0.1, -0.05) is 0 Å². The molecule has 0 saturated heterocycles. The van der Waals surface area contributed by atoms with Crippen molar-refractivity contribution in [2.75, 3.05) is 13.2 Å². The molecule has 1 amide bonds. The predicted molar refractivity (Wildman–Crippen MR) is 53.2 cm³/mol. The lowest BCUT2D eigenvalue weighted by molar-refractivity contribution is -0.141. The Morgan fingerprint density at radius 2 is 2.25 bits per heavy atom. The predicted octanol–water partition coefficient (Wildman–Crippen LogP) is 0.514. The smallest absolute Gasteiger partial charge is 0.325 e. The van der Waals surface area contributed by atoms with Crippen LogP contribution in [-0.4, -0.2) is 30.0 Å². The summed E-state index contributed by atoms with van der Waals surface area (Å²) in [5.74, 6) is -1.72. The van der Waals surface area contributed by atoms with Gasteiger partial charge in [0.2, 0.25) is 0 Å². The van der Waals surface area contributed by atoms with Crippen molar-refractivity contribution < 1.29 is 18.7 Å². The fourth-order valence-electron chi connectivity index (χ4n) is 1.00. The average Bonchev–Trinajstić information content (AvgIpc) is 2.26. The molecule has 0 aliphatic heterocycles. The summed E-state index contributed by atoms with van der Waals surface area (Å²) in [5.41, 5.74) is 0.0595. The van der Waals surface area contributed by atoms with Gasteiger partial charge in [0.05, 0.1) is 18.4 Å². The lowest BCUT2D eigenvalue weighted by Crippen LogP contribution is -2.30. The number of hydrogen-bond acceptors (Lipinski definition) is 4. The van der Waals surface area contributed by atoms with E-state index in [4.69, 9.17) is 0 Å². The summed E-state index contributed by atoms with van der Waals surface area (Å²) in [6, 6.07) is 1.04. The summed E-state index contributed by atoms with van der Waals surface area (Å²) in [6.45, 7) is 1.66. The molecule has 0 radical (unpaired) electrons. The Kier molecular flexibility index (Phi) is 4.38. The van der Waals surface area contributed by atoms with Gasteiger partial charge in [-0.2, -0.15) is 0 Å². The first kappa shape index (κ1) is 12.1. The number of rotatable bonds is 4. The third-order valence-electron chi connectivity index (χ3n) is 1.67. The second kappa shape index (κ2) is 5.79. The SMILES string of the molecule is CCOC(=O)CNC(=O)c1cncc(F)c1. The van der Waals surface area contributed by atoms with Crippen LogP contribution in [0.2, 0.25) is 0 Å². The maximum Gasteiger partial charge on any atom is 0.325 e. The molecule has 6 heteroatoms. The minimum atomic E-state index is -0.608. The van der Waals surface area contributed by atoms with E-state index in [2.05, 4.69) is 15.0 Å². The Bertz CT molecular complexity index is 395. The first-order chi connectivity index (χ1) is 7.63. The van der Waals surface area contributed by atoms with Crippen LogP contribution >= 0.6 is 0 Å². The van der Waals surface area contributed by atoms with Crippen molar-refractivity contribution in [3.8, 4) is 0 Å². The number of hydrogen-bond donors (Lipinski definition) is 1. The summed E-state index contributed by atoms with van der Waals surface area (Å²) in [6.07, 6.45) is 2.20. The van der Waals surface area contributed by atoms with E-state index in [1.54, 1.807) is 6.92 Å². The molecule has 0 unspecified atom stereocenters. The molecule has 1 rings (SSSR count). The van der Waals surface area contributed by atoms with Gasteiger partial charge in [-0.15, -0.1) is 0 Å². The molecule has 1 heterocycles. The van der Waals surface area contributed by atoms with Crippen molar-refractivity contribution in [2.45, 2.75) is 6.92 Å². The van der Waals surface area contributed by atoms with Gasteiger partial charge in [0.25, 0.3) is 5.91 Å². The first-order valence-corrected chi connectivity index (χ1v) is 4.68. The van der Waals surface area contributed by atoms with Crippen molar-refractivity contribution >= 4 is 11.9 Å². The molecule has 1 aromatic heterocycles. The molecule has 0 fully saturated rings. The maximum atomic E-state index is 12.7. The lowest BCUT2D eigenvalue weighted by Gasteiger charge is -2.04. The van der Waals surface area contributed by atoms with Crippen molar-refractivity contribution in [3.63, 3.8) is 0 Å². The summed E-state index contributed by atoms with van der Waals surface area (Å²) < 4.78 is 17.3. The molecule has 0 aromatic carbocycles. The molecule has 1 aromatic rings. The number of nitrogens with zero attached hydrogens (tertiary/aromatic N) is 1. The second-order valence-corrected chi connectivity index (χ2v) is 2.88. The summed E-state index contributed by atoms with van der Waals surface area (Å²) >= 11 is 0. The lowest BCUT2D eigenvalue weighted by atomic mass is 10.2. The van der Waals surface area contributed by atoms with Gasteiger partial charge in [0, 0.05) is 6.20 Å². The number of carbonyl (C=O) groups is 2. The second-order valence-electron chi connectivity index (χ2n) is 2.88. The Morgan fingerprint density at radius 1 is 1.50 bits per heavy atom. The van der Waals surface area contributed by atoms with Gasteiger partial charge in [-0.05, 0) is 13.0 Å². The third kappa shape index (κ3) is 3.64.